The van der Waals surface area contributed by atoms with Crippen LogP contribution in [0.4, 0.5) is 17.6 Å². The summed E-state index contributed by atoms with van der Waals surface area (Å²) in [5.74, 6) is -0.524. The van der Waals surface area contributed by atoms with E-state index in [1.807, 2.05) is 6.92 Å². The van der Waals surface area contributed by atoms with Crippen LogP contribution in [0.1, 0.15) is 42.4 Å². The van der Waals surface area contributed by atoms with Crippen molar-refractivity contribution in [2.45, 2.75) is 43.2 Å². The molecule has 1 atom stereocenters. The van der Waals surface area contributed by atoms with Gasteiger partial charge in [-0.1, -0.05) is 30.7 Å². The molecule has 0 saturated carbocycles. The summed E-state index contributed by atoms with van der Waals surface area (Å²) in [4.78, 5) is -0.677. The molecule has 164 valence electrons. The Morgan fingerprint density at radius 3 is 2.52 bits per heavy atom. The molecule has 0 spiro atoms. The van der Waals surface area contributed by atoms with Crippen LogP contribution in [0.3, 0.4) is 0 Å². The zero-order chi connectivity index (χ0) is 22.6. The fourth-order valence-electron chi connectivity index (χ4n) is 4.16. The maximum atomic E-state index is 14.7. The lowest BCUT2D eigenvalue weighted by Crippen LogP contribution is -2.16. The van der Waals surface area contributed by atoms with Crippen molar-refractivity contribution in [3.05, 3.63) is 76.2 Å². The van der Waals surface area contributed by atoms with Crippen molar-refractivity contribution in [3.8, 4) is 11.3 Å². The minimum Gasteiger partial charge on any atom is -0.240 e. The monoisotopic (exact) mass is 471 g/mol. The second-order valence-corrected chi connectivity index (χ2v) is 9.67. The molecule has 0 N–H and O–H groups in total. The molecule has 4 rings (SSSR count). The summed E-state index contributed by atoms with van der Waals surface area (Å²) in [6, 6.07) is 7.90. The molecule has 31 heavy (non-hydrogen) atoms. The van der Waals surface area contributed by atoms with Gasteiger partial charge < -0.3 is 0 Å². The summed E-state index contributed by atoms with van der Waals surface area (Å²) in [6.07, 6.45) is -1.22. The highest BCUT2D eigenvalue weighted by molar-refractivity contribution is 7.90. The van der Waals surface area contributed by atoms with E-state index in [-0.39, 0.29) is 22.2 Å². The SMILES string of the molecule is CCC1CCc2c1cn(S(=O)(=O)c1cc(C(F)(F)F)ccc1Cl)c2-c1ccccc1F. The zero-order valence-electron chi connectivity index (χ0n) is 16.4. The number of nitrogens with zero attached hydrogens (tertiary/aromatic N) is 1. The summed E-state index contributed by atoms with van der Waals surface area (Å²) >= 11 is 6.03. The van der Waals surface area contributed by atoms with E-state index >= 15 is 0 Å². The summed E-state index contributed by atoms with van der Waals surface area (Å²) in [7, 11) is -4.54. The van der Waals surface area contributed by atoms with Gasteiger partial charge in [-0.05, 0) is 66.6 Å². The molecule has 3 nitrogen and oxygen atoms in total. The number of hydrogen-bond donors (Lipinski definition) is 0. The number of rotatable bonds is 4. The molecule has 0 radical (unpaired) electrons. The Morgan fingerprint density at radius 1 is 1.16 bits per heavy atom. The van der Waals surface area contributed by atoms with E-state index in [4.69, 9.17) is 11.6 Å². The molecule has 0 aliphatic heterocycles. The lowest BCUT2D eigenvalue weighted by molar-refractivity contribution is -0.137. The Morgan fingerprint density at radius 2 is 1.87 bits per heavy atom. The lowest BCUT2D eigenvalue weighted by atomic mass is 10.0. The maximum Gasteiger partial charge on any atom is 0.416 e. The lowest BCUT2D eigenvalue weighted by Gasteiger charge is -2.16. The van der Waals surface area contributed by atoms with Crippen LogP contribution >= 0.6 is 11.6 Å². The van der Waals surface area contributed by atoms with Gasteiger partial charge in [0.2, 0.25) is 0 Å². The highest BCUT2D eigenvalue weighted by Gasteiger charge is 2.36. The Balaban J connectivity index is 2.00. The van der Waals surface area contributed by atoms with E-state index in [0.717, 1.165) is 34.5 Å². The number of alkyl halides is 3. The van der Waals surface area contributed by atoms with Crippen molar-refractivity contribution in [2.24, 2.45) is 0 Å². The molecule has 9 heteroatoms. The van der Waals surface area contributed by atoms with Crippen LogP contribution in [0, 0.1) is 5.82 Å². The first-order chi connectivity index (χ1) is 14.6. The first-order valence-electron chi connectivity index (χ1n) is 9.67. The summed E-state index contributed by atoms with van der Waals surface area (Å²) in [5.41, 5.74) is 0.551. The van der Waals surface area contributed by atoms with Crippen LogP contribution < -0.4 is 0 Å². The van der Waals surface area contributed by atoms with E-state index in [9.17, 15) is 26.0 Å². The Hall–Kier alpha value is -2.32. The van der Waals surface area contributed by atoms with Gasteiger partial charge in [0.25, 0.3) is 10.0 Å². The number of hydrogen-bond acceptors (Lipinski definition) is 2. The van der Waals surface area contributed by atoms with Gasteiger partial charge >= 0.3 is 6.18 Å². The third kappa shape index (κ3) is 3.65. The normalized spacial score (nSPS) is 16.5. The van der Waals surface area contributed by atoms with Gasteiger partial charge in [0.15, 0.2) is 0 Å². The Kier molecular flexibility index (Phi) is 5.42. The maximum absolute atomic E-state index is 14.7. The molecule has 0 amide bonds. The van der Waals surface area contributed by atoms with Crippen LogP contribution in [-0.2, 0) is 22.6 Å². The third-order valence-electron chi connectivity index (χ3n) is 5.71. The highest BCUT2D eigenvalue weighted by Crippen LogP contribution is 2.44. The van der Waals surface area contributed by atoms with E-state index in [2.05, 4.69) is 0 Å². The number of fused-ring (bicyclic) bond motifs is 1. The largest absolute Gasteiger partial charge is 0.416 e. The van der Waals surface area contributed by atoms with Gasteiger partial charge in [0.1, 0.15) is 10.7 Å². The van der Waals surface area contributed by atoms with Crippen LogP contribution in [-0.4, -0.2) is 12.4 Å². The number of benzene rings is 2. The average Bonchev–Trinajstić information content (AvgIpc) is 3.27. The van der Waals surface area contributed by atoms with Crippen LogP contribution in [0.15, 0.2) is 53.6 Å². The standard InChI is InChI=1S/C22H18ClF4NO2S/c1-2-13-7-9-15-17(13)12-28(21(15)16-5-3-4-6-19(16)24)31(29,30)20-11-14(22(25,26)27)8-10-18(20)23/h3-6,8,10-13H,2,7,9H2,1H3. The first kappa shape index (κ1) is 21.9. The van der Waals surface area contributed by atoms with Gasteiger partial charge in [-0.15, -0.1) is 0 Å². The molecule has 1 unspecified atom stereocenters. The van der Waals surface area contributed by atoms with E-state index in [1.54, 1.807) is 6.07 Å². The molecule has 1 aliphatic rings. The van der Waals surface area contributed by atoms with Gasteiger partial charge in [-0.25, -0.2) is 16.8 Å². The first-order valence-corrected chi connectivity index (χ1v) is 11.5. The van der Waals surface area contributed by atoms with Crippen LogP contribution in [0.5, 0.6) is 0 Å². The minimum atomic E-state index is -4.74. The molecule has 3 aromatic rings. The quantitative estimate of drug-likeness (QED) is 0.400. The second-order valence-electron chi connectivity index (χ2n) is 7.48. The zero-order valence-corrected chi connectivity index (χ0v) is 18.0. The molecule has 2 aromatic carbocycles. The van der Waals surface area contributed by atoms with Gasteiger partial charge in [0.05, 0.1) is 16.3 Å². The topological polar surface area (TPSA) is 39.1 Å². The highest BCUT2D eigenvalue weighted by atomic mass is 35.5. The van der Waals surface area contributed by atoms with E-state index < -0.39 is 32.5 Å². The minimum absolute atomic E-state index is 0.0761. The second kappa shape index (κ2) is 7.67. The van der Waals surface area contributed by atoms with E-state index in [0.29, 0.717) is 18.1 Å². The molecule has 0 bridgehead atoms. The molecule has 1 aromatic heterocycles. The van der Waals surface area contributed by atoms with Crippen molar-refractivity contribution in [1.82, 2.24) is 3.97 Å². The molecular weight excluding hydrogens is 454 g/mol. The fourth-order valence-corrected chi connectivity index (χ4v) is 6.07. The molecule has 1 aliphatic carbocycles. The predicted molar refractivity (Wildman–Crippen MR) is 110 cm³/mol. The Labute approximate surface area is 182 Å². The van der Waals surface area contributed by atoms with Gasteiger partial charge in [0, 0.05) is 11.8 Å². The van der Waals surface area contributed by atoms with Crippen molar-refractivity contribution in [2.75, 3.05) is 0 Å². The average molecular weight is 472 g/mol. The number of aromatic nitrogens is 1. The summed E-state index contributed by atoms with van der Waals surface area (Å²) in [6.45, 7) is 1.97. The van der Waals surface area contributed by atoms with Gasteiger partial charge in [-0.2, -0.15) is 13.2 Å². The smallest absolute Gasteiger partial charge is 0.240 e. The summed E-state index contributed by atoms with van der Waals surface area (Å²) in [5, 5.41) is -0.339. The molecule has 0 saturated heterocycles. The van der Waals surface area contributed by atoms with Crippen molar-refractivity contribution in [3.63, 3.8) is 0 Å². The van der Waals surface area contributed by atoms with Crippen molar-refractivity contribution >= 4 is 21.6 Å². The van der Waals surface area contributed by atoms with Crippen LogP contribution in [0.2, 0.25) is 5.02 Å². The van der Waals surface area contributed by atoms with Crippen LogP contribution in [0.25, 0.3) is 11.3 Å². The molecular formula is C22H18ClF4NO2S. The number of halogens is 5. The molecule has 0 fully saturated rings. The van der Waals surface area contributed by atoms with Gasteiger partial charge in [-0.3, -0.25) is 0 Å². The third-order valence-corrected chi connectivity index (χ3v) is 7.85. The van der Waals surface area contributed by atoms with Crippen molar-refractivity contribution in [1.29, 1.82) is 0 Å². The predicted octanol–water partition coefficient (Wildman–Crippen LogP) is 6.64. The van der Waals surface area contributed by atoms with Crippen molar-refractivity contribution < 1.29 is 26.0 Å². The fraction of sp³-hybridized carbons (Fsp3) is 0.273. The molecule has 1 heterocycles. The van der Waals surface area contributed by atoms with E-state index in [1.165, 1.54) is 24.4 Å². The summed E-state index contributed by atoms with van der Waals surface area (Å²) < 4.78 is 82.3. The Bertz CT molecular complexity index is 1270.